The lowest BCUT2D eigenvalue weighted by molar-refractivity contribution is 0.235. The molecular weight excluding hydrogens is 304 g/mol. The Kier molecular flexibility index (Phi) is 4.84. The van der Waals surface area contributed by atoms with E-state index >= 15 is 0 Å². The Bertz CT molecular complexity index is 692. The molecule has 0 radical (unpaired) electrons. The zero-order valence-corrected chi connectivity index (χ0v) is 13.6. The average molecular weight is 326 g/mol. The molecule has 0 unspecified atom stereocenters. The minimum atomic E-state index is -0.196. The second-order valence-corrected chi connectivity index (χ2v) is 6.05. The van der Waals surface area contributed by atoms with E-state index in [4.69, 9.17) is 0 Å². The van der Waals surface area contributed by atoms with Crippen LogP contribution in [0.2, 0.25) is 0 Å². The van der Waals surface area contributed by atoms with Crippen molar-refractivity contribution in [3.8, 4) is 5.75 Å². The fourth-order valence-corrected chi connectivity index (χ4v) is 2.93. The Morgan fingerprint density at radius 1 is 1.33 bits per heavy atom. The molecule has 6 heteroatoms. The first kappa shape index (κ1) is 16.1. The molecule has 1 fully saturated rings. The molecule has 0 aliphatic carbocycles. The van der Waals surface area contributed by atoms with Crippen LogP contribution in [0.25, 0.3) is 0 Å². The number of amides is 2. The van der Waals surface area contributed by atoms with Crippen LogP contribution in [0.1, 0.15) is 24.9 Å². The highest BCUT2D eigenvalue weighted by Crippen LogP contribution is 2.19. The Balaban J connectivity index is 1.51. The van der Waals surface area contributed by atoms with Crippen molar-refractivity contribution in [1.29, 1.82) is 0 Å². The summed E-state index contributed by atoms with van der Waals surface area (Å²) in [5.41, 5.74) is 0.867. The van der Waals surface area contributed by atoms with E-state index in [2.05, 4.69) is 20.5 Å². The number of phenolic OH excluding ortho intramolecular Hbond substituents is 1. The summed E-state index contributed by atoms with van der Waals surface area (Å²) in [6.45, 7) is 3.53. The van der Waals surface area contributed by atoms with Gasteiger partial charge in [-0.15, -0.1) is 0 Å². The summed E-state index contributed by atoms with van der Waals surface area (Å²) in [5, 5.41) is 15.4. The third kappa shape index (κ3) is 3.95. The van der Waals surface area contributed by atoms with Crippen LogP contribution in [0.4, 0.5) is 10.6 Å². The Labute approximate surface area is 141 Å². The highest BCUT2D eigenvalue weighted by molar-refractivity contribution is 5.75. The van der Waals surface area contributed by atoms with Crippen molar-refractivity contribution in [3.63, 3.8) is 0 Å². The van der Waals surface area contributed by atoms with E-state index in [0.29, 0.717) is 0 Å². The number of nitrogens with one attached hydrogen (secondary N) is 2. The smallest absolute Gasteiger partial charge is 0.315 e. The third-order valence-corrected chi connectivity index (χ3v) is 4.21. The molecule has 3 N–H and O–H groups in total. The number of hydrogen-bond acceptors (Lipinski definition) is 4. The van der Waals surface area contributed by atoms with Crippen LogP contribution in [0, 0.1) is 0 Å². The SMILES string of the molecule is C[C@@H](NC(=O)N[C@@H]1CCN(c2ccccn2)C1)c1cccc(O)c1. The molecule has 1 aromatic heterocycles. The van der Waals surface area contributed by atoms with Gasteiger partial charge in [-0.1, -0.05) is 18.2 Å². The van der Waals surface area contributed by atoms with Gasteiger partial charge in [0.25, 0.3) is 0 Å². The molecule has 0 bridgehead atoms. The van der Waals surface area contributed by atoms with Gasteiger partial charge < -0.3 is 20.6 Å². The lowest BCUT2D eigenvalue weighted by atomic mass is 10.1. The van der Waals surface area contributed by atoms with Crippen LogP contribution in [-0.4, -0.2) is 35.3 Å². The van der Waals surface area contributed by atoms with Gasteiger partial charge in [0.15, 0.2) is 0 Å². The number of hydrogen-bond donors (Lipinski definition) is 3. The molecule has 24 heavy (non-hydrogen) atoms. The molecule has 126 valence electrons. The summed E-state index contributed by atoms with van der Waals surface area (Å²) in [5.74, 6) is 1.14. The van der Waals surface area contributed by atoms with Gasteiger partial charge in [-0.25, -0.2) is 9.78 Å². The van der Waals surface area contributed by atoms with E-state index in [1.54, 1.807) is 24.4 Å². The van der Waals surface area contributed by atoms with Crippen LogP contribution in [0.3, 0.4) is 0 Å². The highest BCUT2D eigenvalue weighted by atomic mass is 16.3. The summed E-state index contributed by atoms with van der Waals surface area (Å²) in [7, 11) is 0. The number of nitrogens with zero attached hydrogens (tertiary/aromatic N) is 2. The minimum Gasteiger partial charge on any atom is -0.508 e. The second-order valence-electron chi connectivity index (χ2n) is 6.05. The molecule has 2 heterocycles. The van der Waals surface area contributed by atoms with Gasteiger partial charge in [0, 0.05) is 25.3 Å². The molecular formula is C18H22N4O2. The van der Waals surface area contributed by atoms with Crippen molar-refractivity contribution in [2.45, 2.75) is 25.4 Å². The predicted molar refractivity (Wildman–Crippen MR) is 93.0 cm³/mol. The first-order valence-corrected chi connectivity index (χ1v) is 8.14. The maximum Gasteiger partial charge on any atom is 0.315 e. The number of urea groups is 1. The van der Waals surface area contributed by atoms with E-state index in [9.17, 15) is 9.90 Å². The predicted octanol–water partition coefficient (Wildman–Crippen LogP) is 2.43. The molecule has 2 atom stereocenters. The zero-order chi connectivity index (χ0) is 16.9. The minimum absolute atomic E-state index is 0.100. The molecule has 0 saturated carbocycles. The van der Waals surface area contributed by atoms with Crippen molar-refractivity contribution < 1.29 is 9.90 Å². The van der Waals surface area contributed by atoms with Crippen LogP contribution in [0.15, 0.2) is 48.7 Å². The number of rotatable bonds is 4. The summed E-state index contributed by atoms with van der Waals surface area (Å²) in [4.78, 5) is 18.7. The van der Waals surface area contributed by atoms with E-state index in [-0.39, 0.29) is 23.9 Å². The first-order valence-electron chi connectivity index (χ1n) is 8.14. The first-order chi connectivity index (χ1) is 11.6. The van der Waals surface area contributed by atoms with Gasteiger partial charge in [0.1, 0.15) is 11.6 Å². The molecule has 1 aromatic carbocycles. The van der Waals surface area contributed by atoms with Crippen LogP contribution in [-0.2, 0) is 0 Å². The average Bonchev–Trinajstić information content (AvgIpc) is 3.04. The number of carbonyl (C=O) groups is 1. The Morgan fingerprint density at radius 2 is 2.21 bits per heavy atom. The van der Waals surface area contributed by atoms with E-state index in [1.165, 1.54) is 0 Å². The largest absolute Gasteiger partial charge is 0.508 e. The molecule has 2 aromatic rings. The molecule has 1 aliphatic rings. The van der Waals surface area contributed by atoms with Crippen LogP contribution in [0.5, 0.6) is 5.75 Å². The number of phenols is 1. The van der Waals surface area contributed by atoms with Gasteiger partial charge in [-0.2, -0.15) is 0 Å². The number of anilines is 1. The van der Waals surface area contributed by atoms with Crippen LogP contribution >= 0.6 is 0 Å². The topological polar surface area (TPSA) is 77.5 Å². The van der Waals surface area contributed by atoms with Crippen molar-refractivity contribution in [3.05, 3.63) is 54.2 Å². The van der Waals surface area contributed by atoms with Crippen molar-refractivity contribution >= 4 is 11.8 Å². The zero-order valence-electron chi connectivity index (χ0n) is 13.6. The fraction of sp³-hybridized carbons (Fsp3) is 0.333. The van der Waals surface area contributed by atoms with Gasteiger partial charge in [-0.3, -0.25) is 0 Å². The lowest BCUT2D eigenvalue weighted by Gasteiger charge is -2.19. The maximum atomic E-state index is 12.2. The van der Waals surface area contributed by atoms with E-state index in [1.807, 2.05) is 31.2 Å². The molecule has 3 rings (SSSR count). The molecule has 1 saturated heterocycles. The summed E-state index contributed by atoms with van der Waals surface area (Å²) < 4.78 is 0. The van der Waals surface area contributed by atoms with Gasteiger partial charge >= 0.3 is 6.03 Å². The number of aromatic hydroxyl groups is 1. The monoisotopic (exact) mass is 326 g/mol. The summed E-state index contributed by atoms with van der Waals surface area (Å²) >= 11 is 0. The quantitative estimate of drug-likeness (QED) is 0.806. The molecule has 2 amide bonds. The number of carbonyl (C=O) groups excluding carboxylic acids is 1. The third-order valence-electron chi connectivity index (χ3n) is 4.21. The molecule has 6 nitrogen and oxygen atoms in total. The van der Waals surface area contributed by atoms with Crippen molar-refractivity contribution in [1.82, 2.24) is 15.6 Å². The lowest BCUT2D eigenvalue weighted by Crippen LogP contribution is -2.44. The Morgan fingerprint density at radius 3 is 2.96 bits per heavy atom. The second kappa shape index (κ2) is 7.21. The Hall–Kier alpha value is -2.76. The maximum absolute atomic E-state index is 12.2. The normalized spacial score (nSPS) is 18.2. The van der Waals surface area contributed by atoms with Crippen molar-refractivity contribution in [2.24, 2.45) is 0 Å². The van der Waals surface area contributed by atoms with E-state index < -0.39 is 0 Å². The number of pyridine rings is 1. The fourth-order valence-electron chi connectivity index (χ4n) is 2.93. The standard InChI is InChI=1S/C18H22N4O2/c1-13(14-5-4-6-16(23)11-14)20-18(24)21-15-8-10-22(12-15)17-7-2-3-9-19-17/h2-7,9,11,13,15,23H,8,10,12H2,1H3,(H2,20,21,24)/t13-,15-/m1/s1. The number of benzene rings is 1. The summed E-state index contributed by atoms with van der Waals surface area (Å²) in [6.07, 6.45) is 2.67. The van der Waals surface area contributed by atoms with Gasteiger partial charge in [-0.05, 0) is 43.2 Å². The van der Waals surface area contributed by atoms with E-state index in [0.717, 1.165) is 30.9 Å². The van der Waals surface area contributed by atoms with Crippen molar-refractivity contribution in [2.75, 3.05) is 18.0 Å². The molecule has 1 aliphatic heterocycles. The molecule has 0 spiro atoms. The van der Waals surface area contributed by atoms with Crippen LogP contribution < -0.4 is 15.5 Å². The summed E-state index contributed by atoms with van der Waals surface area (Å²) in [6, 6.07) is 12.5. The van der Waals surface area contributed by atoms with Gasteiger partial charge in [0.2, 0.25) is 0 Å². The van der Waals surface area contributed by atoms with Gasteiger partial charge in [0.05, 0.1) is 6.04 Å². The number of aromatic nitrogens is 1. The highest BCUT2D eigenvalue weighted by Gasteiger charge is 2.25.